The Kier molecular flexibility index (Phi) is 3.06. The van der Waals surface area contributed by atoms with Gasteiger partial charge in [-0.2, -0.15) is 0 Å². The molecule has 0 bridgehead atoms. The molecule has 1 atom stereocenters. The Morgan fingerprint density at radius 3 is 2.94 bits per heavy atom. The Morgan fingerprint density at radius 2 is 2.22 bits per heavy atom. The van der Waals surface area contributed by atoms with Crippen molar-refractivity contribution in [2.45, 2.75) is 6.42 Å². The van der Waals surface area contributed by atoms with E-state index in [9.17, 15) is 4.79 Å². The number of H-pyrrole nitrogens is 1. The Bertz CT molecular complexity index is 615. The van der Waals surface area contributed by atoms with Crippen molar-refractivity contribution in [2.24, 2.45) is 5.92 Å². The quantitative estimate of drug-likeness (QED) is 0.854. The lowest BCUT2D eigenvalue weighted by molar-refractivity contribution is 0.0902. The van der Waals surface area contributed by atoms with Gasteiger partial charge < -0.3 is 9.72 Å². The molecule has 3 nitrogen and oxygen atoms in total. The monoisotopic (exact) mass is 283 g/mol. The Hall–Kier alpha value is -1.03. The maximum Gasteiger partial charge on any atom is 0.170 e. The molecule has 0 spiro atoms. The lowest BCUT2D eigenvalue weighted by Gasteiger charge is -2.06. The van der Waals surface area contributed by atoms with Crippen LogP contribution in [0, 0.1) is 5.92 Å². The maximum absolute atomic E-state index is 12.4. The number of fused-ring (bicyclic) bond motifs is 1. The number of carbonyl (C=O) groups excluding carboxylic acids is 1. The number of ketones is 1. The lowest BCUT2D eigenvalue weighted by atomic mass is 9.97. The average Bonchev–Trinajstić information content (AvgIpc) is 2.96. The van der Waals surface area contributed by atoms with Gasteiger partial charge in [0.15, 0.2) is 5.78 Å². The molecule has 0 aliphatic carbocycles. The van der Waals surface area contributed by atoms with Crippen LogP contribution in [-0.2, 0) is 4.74 Å². The summed E-state index contributed by atoms with van der Waals surface area (Å²) in [6, 6.07) is 3.42. The minimum atomic E-state index is -0.0595. The third kappa shape index (κ3) is 1.92. The summed E-state index contributed by atoms with van der Waals surface area (Å²) in [5, 5.41) is 1.80. The molecule has 94 valence electrons. The Balaban J connectivity index is 2.09. The van der Waals surface area contributed by atoms with Crippen LogP contribution in [0.4, 0.5) is 0 Å². The molecular formula is C13H11Cl2NO2. The molecule has 1 aliphatic heterocycles. The van der Waals surface area contributed by atoms with E-state index in [-0.39, 0.29) is 11.7 Å². The molecule has 0 amide bonds. The highest BCUT2D eigenvalue weighted by Gasteiger charge is 2.27. The summed E-state index contributed by atoms with van der Waals surface area (Å²) in [7, 11) is 0. The molecule has 3 rings (SSSR count). The van der Waals surface area contributed by atoms with E-state index in [1.54, 1.807) is 18.3 Å². The van der Waals surface area contributed by atoms with E-state index in [1.165, 1.54) is 0 Å². The fourth-order valence-electron chi connectivity index (χ4n) is 2.34. The van der Waals surface area contributed by atoms with Crippen molar-refractivity contribution < 1.29 is 9.53 Å². The molecule has 5 heteroatoms. The van der Waals surface area contributed by atoms with Gasteiger partial charge in [0.25, 0.3) is 0 Å². The molecule has 2 heterocycles. The van der Waals surface area contributed by atoms with E-state index in [1.807, 2.05) is 0 Å². The second-order valence-corrected chi connectivity index (χ2v) is 5.28. The van der Waals surface area contributed by atoms with Gasteiger partial charge in [0, 0.05) is 40.2 Å². The van der Waals surface area contributed by atoms with Gasteiger partial charge in [-0.25, -0.2) is 0 Å². The van der Waals surface area contributed by atoms with Crippen LogP contribution in [0.5, 0.6) is 0 Å². The van der Waals surface area contributed by atoms with Gasteiger partial charge in [0.05, 0.1) is 11.6 Å². The van der Waals surface area contributed by atoms with E-state index >= 15 is 0 Å². The van der Waals surface area contributed by atoms with Crippen LogP contribution in [0.1, 0.15) is 16.8 Å². The van der Waals surface area contributed by atoms with E-state index in [4.69, 9.17) is 27.9 Å². The van der Waals surface area contributed by atoms with Gasteiger partial charge in [0.1, 0.15) is 0 Å². The number of nitrogens with one attached hydrogen (secondary N) is 1. The van der Waals surface area contributed by atoms with Crippen molar-refractivity contribution in [2.75, 3.05) is 13.2 Å². The number of hydrogen-bond acceptors (Lipinski definition) is 2. The molecular weight excluding hydrogens is 273 g/mol. The fraction of sp³-hybridized carbons (Fsp3) is 0.308. The lowest BCUT2D eigenvalue weighted by Crippen LogP contribution is -2.14. The normalized spacial score (nSPS) is 19.6. The molecule has 1 fully saturated rings. The summed E-state index contributed by atoms with van der Waals surface area (Å²) in [6.45, 7) is 1.15. The Morgan fingerprint density at radius 1 is 1.39 bits per heavy atom. The second-order valence-electron chi connectivity index (χ2n) is 4.44. The summed E-state index contributed by atoms with van der Waals surface area (Å²) in [6.07, 6.45) is 2.48. The van der Waals surface area contributed by atoms with Gasteiger partial charge in [-0.15, -0.1) is 0 Å². The van der Waals surface area contributed by atoms with Crippen LogP contribution in [-0.4, -0.2) is 24.0 Å². The van der Waals surface area contributed by atoms with Gasteiger partial charge >= 0.3 is 0 Å². The topological polar surface area (TPSA) is 42.1 Å². The fourth-order valence-corrected chi connectivity index (χ4v) is 2.93. The third-order valence-corrected chi connectivity index (χ3v) is 3.78. The first-order valence-corrected chi connectivity index (χ1v) is 6.50. The molecule has 2 aromatic rings. The number of aromatic amines is 1. The first-order chi connectivity index (χ1) is 8.66. The molecule has 1 unspecified atom stereocenters. The third-order valence-electron chi connectivity index (χ3n) is 3.26. The zero-order valence-electron chi connectivity index (χ0n) is 9.50. The van der Waals surface area contributed by atoms with E-state index in [0.29, 0.717) is 28.8 Å². The number of benzene rings is 1. The van der Waals surface area contributed by atoms with Crippen LogP contribution in [0.15, 0.2) is 18.3 Å². The molecule has 1 aromatic carbocycles. The van der Waals surface area contributed by atoms with Crippen molar-refractivity contribution in [3.05, 3.63) is 33.9 Å². The summed E-state index contributed by atoms with van der Waals surface area (Å²) < 4.78 is 5.25. The summed E-state index contributed by atoms with van der Waals surface area (Å²) in [5.41, 5.74) is 1.41. The summed E-state index contributed by atoms with van der Waals surface area (Å²) in [4.78, 5) is 15.4. The first kappa shape index (κ1) is 12.0. The number of rotatable bonds is 2. The first-order valence-electron chi connectivity index (χ1n) is 5.75. The highest BCUT2D eigenvalue weighted by molar-refractivity contribution is 6.39. The average molecular weight is 284 g/mol. The van der Waals surface area contributed by atoms with Crippen LogP contribution in [0.25, 0.3) is 10.9 Å². The van der Waals surface area contributed by atoms with Gasteiger partial charge in [0.2, 0.25) is 0 Å². The van der Waals surface area contributed by atoms with Gasteiger partial charge in [-0.3, -0.25) is 4.79 Å². The van der Waals surface area contributed by atoms with Crippen molar-refractivity contribution in [1.29, 1.82) is 0 Å². The predicted molar refractivity (Wildman–Crippen MR) is 71.6 cm³/mol. The number of ether oxygens (including phenoxy) is 1. The van der Waals surface area contributed by atoms with E-state index in [0.717, 1.165) is 17.3 Å². The van der Waals surface area contributed by atoms with Crippen LogP contribution in [0.3, 0.4) is 0 Å². The predicted octanol–water partition coefficient (Wildman–Crippen LogP) is 3.69. The van der Waals surface area contributed by atoms with Crippen LogP contribution in [0.2, 0.25) is 10.0 Å². The van der Waals surface area contributed by atoms with Crippen molar-refractivity contribution in [1.82, 2.24) is 4.98 Å². The SMILES string of the molecule is O=C(c1c[nH]c2cc(Cl)cc(Cl)c12)C1CCOC1. The zero-order chi connectivity index (χ0) is 12.7. The smallest absolute Gasteiger partial charge is 0.170 e. The van der Waals surface area contributed by atoms with Gasteiger partial charge in [-0.05, 0) is 18.6 Å². The molecule has 0 saturated carbocycles. The highest BCUT2D eigenvalue weighted by atomic mass is 35.5. The summed E-state index contributed by atoms with van der Waals surface area (Å²) >= 11 is 12.1. The molecule has 1 N–H and O–H groups in total. The van der Waals surface area contributed by atoms with E-state index in [2.05, 4.69) is 4.98 Å². The van der Waals surface area contributed by atoms with Crippen LogP contribution >= 0.6 is 23.2 Å². The number of aromatic nitrogens is 1. The maximum atomic E-state index is 12.4. The van der Waals surface area contributed by atoms with E-state index < -0.39 is 0 Å². The molecule has 18 heavy (non-hydrogen) atoms. The Labute approximate surface area is 114 Å². The van der Waals surface area contributed by atoms with Crippen molar-refractivity contribution in [3.8, 4) is 0 Å². The molecule has 1 aliphatic rings. The number of hydrogen-bond donors (Lipinski definition) is 1. The second kappa shape index (κ2) is 4.57. The zero-order valence-corrected chi connectivity index (χ0v) is 11.0. The standard InChI is InChI=1S/C13H11Cl2NO2/c14-8-3-10(15)12-9(5-16-11(12)4-8)13(17)7-1-2-18-6-7/h3-5,7,16H,1-2,6H2. The van der Waals surface area contributed by atoms with Gasteiger partial charge in [-0.1, -0.05) is 23.2 Å². The molecule has 1 saturated heterocycles. The number of carbonyl (C=O) groups is 1. The largest absolute Gasteiger partial charge is 0.381 e. The minimum absolute atomic E-state index is 0.0595. The summed E-state index contributed by atoms with van der Waals surface area (Å²) in [5.74, 6) is 0.0266. The minimum Gasteiger partial charge on any atom is -0.381 e. The number of halogens is 2. The molecule has 1 aromatic heterocycles. The van der Waals surface area contributed by atoms with Crippen molar-refractivity contribution >= 4 is 39.9 Å². The van der Waals surface area contributed by atoms with Crippen LogP contribution < -0.4 is 0 Å². The highest BCUT2D eigenvalue weighted by Crippen LogP contribution is 2.32. The van der Waals surface area contributed by atoms with Crippen molar-refractivity contribution in [3.63, 3.8) is 0 Å². The molecule has 0 radical (unpaired) electrons. The number of Topliss-reactive ketones (excluding diaryl/α,β-unsaturated/α-hetero) is 1.